The summed E-state index contributed by atoms with van der Waals surface area (Å²) in [5.41, 5.74) is 3.72. The zero-order valence-corrected chi connectivity index (χ0v) is 14.2. The summed E-state index contributed by atoms with van der Waals surface area (Å²) in [5, 5.41) is 2.83. The fourth-order valence-electron chi connectivity index (χ4n) is 3.49. The lowest BCUT2D eigenvalue weighted by Crippen LogP contribution is -2.79. The number of amides is 3. The minimum atomic E-state index is -0.619. The number of carbonyl (C=O) groups is 3. The van der Waals surface area contributed by atoms with Crippen LogP contribution in [0.3, 0.4) is 0 Å². The first-order chi connectivity index (χ1) is 11.7. The van der Waals surface area contributed by atoms with Crippen LogP contribution in [-0.4, -0.2) is 29.9 Å². The van der Waals surface area contributed by atoms with E-state index in [4.69, 9.17) is 16.3 Å². The van der Waals surface area contributed by atoms with Gasteiger partial charge in [-0.25, -0.2) is 4.39 Å². The molecule has 0 atom stereocenters. The Morgan fingerprint density at radius 2 is 1.92 bits per heavy atom. The number of rotatable bonds is 5. The van der Waals surface area contributed by atoms with E-state index >= 15 is 0 Å². The Hall–Kier alpha value is -2.35. The molecule has 0 spiro atoms. The predicted octanol–water partition coefficient (Wildman–Crippen LogP) is 1.06. The van der Waals surface area contributed by atoms with Crippen molar-refractivity contribution in [2.75, 3.05) is 6.61 Å². The number of hydrogen-bond acceptors (Lipinski definition) is 4. The Bertz CT molecular complexity index is 735. The molecule has 0 heterocycles. The molecule has 1 aromatic carbocycles. The molecule has 134 valence electrons. The van der Waals surface area contributed by atoms with Crippen molar-refractivity contribution < 1.29 is 23.5 Å². The largest absolute Gasteiger partial charge is 0.484 e. The SMILES string of the molecule is CC(=O)NNC(=O)C12CC(NC(=O)COc3ccc(Cl)c(F)c3)(C1)C2. The summed E-state index contributed by atoms with van der Waals surface area (Å²) in [6.45, 7) is 1.05. The van der Waals surface area contributed by atoms with Gasteiger partial charge in [-0.1, -0.05) is 11.6 Å². The standard InChI is InChI=1S/C16H17ClFN3O4/c1-9(22)20-21-14(24)15-6-16(7-15,8-15)19-13(23)5-25-10-2-3-11(17)12(18)4-10/h2-4H,5-8H2,1H3,(H,19,23)(H,20,22)(H,21,24). The van der Waals surface area contributed by atoms with Crippen LogP contribution < -0.4 is 20.9 Å². The molecule has 4 rings (SSSR count). The first-order valence-electron chi connectivity index (χ1n) is 7.70. The van der Waals surface area contributed by atoms with Crippen LogP contribution in [0.15, 0.2) is 18.2 Å². The van der Waals surface area contributed by atoms with E-state index < -0.39 is 11.2 Å². The second-order valence-electron chi connectivity index (χ2n) is 6.64. The number of ether oxygens (including phenoxy) is 1. The van der Waals surface area contributed by atoms with E-state index in [1.165, 1.54) is 19.1 Å². The van der Waals surface area contributed by atoms with Gasteiger partial charge in [-0.15, -0.1) is 0 Å². The third kappa shape index (κ3) is 3.39. The summed E-state index contributed by atoms with van der Waals surface area (Å²) >= 11 is 5.57. The van der Waals surface area contributed by atoms with Crippen LogP contribution in [-0.2, 0) is 14.4 Å². The lowest BCUT2D eigenvalue weighted by Gasteiger charge is -2.68. The third-order valence-corrected chi connectivity index (χ3v) is 4.84. The maximum absolute atomic E-state index is 13.3. The molecule has 0 unspecified atom stereocenters. The maximum atomic E-state index is 13.3. The van der Waals surface area contributed by atoms with Crippen molar-refractivity contribution in [2.24, 2.45) is 5.41 Å². The van der Waals surface area contributed by atoms with Gasteiger partial charge in [0.1, 0.15) is 11.6 Å². The molecule has 0 aliphatic heterocycles. The van der Waals surface area contributed by atoms with Gasteiger partial charge in [0.05, 0.1) is 10.4 Å². The van der Waals surface area contributed by atoms with Gasteiger partial charge in [0.25, 0.3) is 5.91 Å². The van der Waals surface area contributed by atoms with E-state index in [1.807, 2.05) is 0 Å². The number of halogens is 2. The molecule has 2 bridgehead atoms. The fourth-order valence-corrected chi connectivity index (χ4v) is 3.60. The molecule has 1 aromatic rings. The molecule has 3 aliphatic carbocycles. The van der Waals surface area contributed by atoms with Gasteiger partial charge in [-0.3, -0.25) is 25.2 Å². The van der Waals surface area contributed by atoms with Crippen LogP contribution in [0.2, 0.25) is 5.02 Å². The zero-order valence-electron chi connectivity index (χ0n) is 13.4. The van der Waals surface area contributed by atoms with Gasteiger partial charge < -0.3 is 10.1 Å². The molecule has 0 radical (unpaired) electrons. The molecule has 0 saturated heterocycles. The van der Waals surface area contributed by atoms with Crippen molar-refractivity contribution in [3.8, 4) is 5.75 Å². The summed E-state index contributed by atoms with van der Waals surface area (Å²) in [5.74, 6) is -1.34. The van der Waals surface area contributed by atoms with Crippen LogP contribution >= 0.6 is 11.6 Å². The molecule has 3 fully saturated rings. The second-order valence-corrected chi connectivity index (χ2v) is 7.05. The number of hydrogen-bond donors (Lipinski definition) is 3. The highest BCUT2D eigenvalue weighted by atomic mass is 35.5. The van der Waals surface area contributed by atoms with E-state index in [9.17, 15) is 18.8 Å². The van der Waals surface area contributed by atoms with Crippen molar-refractivity contribution in [1.29, 1.82) is 0 Å². The number of benzene rings is 1. The molecule has 25 heavy (non-hydrogen) atoms. The number of carbonyl (C=O) groups excluding carboxylic acids is 3. The quantitative estimate of drug-likeness (QED) is 0.676. The molecular formula is C16H17ClFN3O4. The van der Waals surface area contributed by atoms with E-state index in [-0.39, 0.29) is 40.6 Å². The molecule has 3 amide bonds. The minimum absolute atomic E-state index is 0.0199. The smallest absolute Gasteiger partial charge is 0.258 e. The highest BCUT2D eigenvalue weighted by Gasteiger charge is 2.72. The maximum Gasteiger partial charge on any atom is 0.258 e. The van der Waals surface area contributed by atoms with E-state index in [0.717, 1.165) is 6.07 Å². The normalized spacial score (nSPS) is 25.9. The van der Waals surface area contributed by atoms with Gasteiger partial charge in [-0.05, 0) is 31.4 Å². The van der Waals surface area contributed by atoms with E-state index in [0.29, 0.717) is 19.3 Å². The van der Waals surface area contributed by atoms with Crippen LogP contribution in [0.1, 0.15) is 26.2 Å². The van der Waals surface area contributed by atoms with Crippen molar-refractivity contribution in [3.05, 3.63) is 29.0 Å². The summed E-state index contributed by atoms with van der Waals surface area (Å²) in [7, 11) is 0. The molecular weight excluding hydrogens is 353 g/mol. The molecule has 3 N–H and O–H groups in total. The van der Waals surface area contributed by atoms with Crippen LogP contribution in [0.25, 0.3) is 0 Å². The van der Waals surface area contributed by atoms with Gasteiger partial charge in [0.15, 0.2) is 6.61 Å². The summed E-state index contributed by atoms with van der Waals surface area (Å²) in [6, 6.07) is 3.93. The monoisotopic (exact) mass is 369 g/mol. The van der Waals surface area contributed by atoms with Crippen LogP contribution in [0, 0.1) is 11.2 Å². The van der Waals surface area contributed by atoms with Crippen molar-refractivity contribution in [3.63, 3.8) is 0 Å². The first kappa shape index (κ1) is 17.5. The van der Waals surface area contributed by atoms with E-state index in [1.54, 1.807) is 0 Å². The Kier molecular flexibility index (Phi) is 4.32. The molecule has 7 nitrogen and oxygen atoms in total. The first-order valence-corrected chi connectivity index (χ1v) is 8.07. The average Bonchev–Trinajstić information content (AvgIpc) is 2.48. The topological polar surface area (TPSA) is 96.5 Å². The third-order valence-electron chi connectivity index (χ3n) is 4.53. The van der Waals surface area contributed by atoms with Gasteiger partial charge in [-0.2, -0.15) is 0 Å². The highest BCUT2D eigenvalue weighted by Crippen LogP contribution is 2.67. The molecule has 0 aromatic heterocycles. The second kappa shape index (κ2) is 6.18. The highest BCUT2D eigenvalue weighted by molar-refractivity contribution is 6.30. The van der Waals surface area contributed by atoms with Gasteiger partial charge >= 0.3 is 0 Å². The average molecular weight is 370 g/mol. The van der Waals surface area contributed by atoms with Crippen molar-refractivity contribution in [2.45, 2.75) is 31.7 Å². The number of nitrogens with one attached hydrogen (secondary N) is 3. The van der Waals surface area contributed by atoms with Crippen molar-refractivity contribution >= 4 is 29.3 Å². The van der Waals surface area contributed by atoms with Crippen LogP contribution in [0.4, 0.5) is 4.39 Å². The molecule has 3 saturated carbocycles. The van der Waals surface area contributed by atoms with Gasteiger partial charge in [0.2, 0.25) is 11.8 Å². The van der Waals surface area contributed by atoms with Crippen LogP contribution in [0.5, 0.6) is 5.75 Å². The Morgan fingerprint density at radius 3 is 2.52 bits per heavy atom. The van der Waals surface area contributed by atoms with E-state index in [2.05, 4.69) is 16.2 Å². The Morgan fingerprint density at radius 1 is 1.24 bits per heavy atom. The van der Waals surface area contributed by atoms with Crippen molar-refractivity contribution in [1.82, 2.24) is 16.2 Å². The molecule has 3 aliphatic rings. The Labute approximate surface area is 148 Å². The number of hydrazine groups is 1. The summed E-state index contributed by atoms with van der Waals surface area (Å²) in [4.78, 5) is 34.8. The molecule has 9 heteroatoms. The lowest BCUT2D eigenvalue weighted by atomic mass is 9.39. The zero-order chi connectivity index (χ0) is 18.2. The minimum Gasteiger partial charge on any atom is -0.484 e. The summed E-state index contributed by atoms with van der Waals surface area (Å²) in [6.07, 6.45) is 1.56. The Balaban J connectivity index is 1.43. The lowest BCUT2D eigenvalue weighted by molar-refractivity contribution is -0.185. The summed E-state index contributed by atoms with van der Waals surface area (Å²) < 4.78 is 18.5. The predicted molar refractivity (Wildman–Crippen MR) is 86.0 cm³/mol. The van der Waals surface area contributed by atoms with Gasteiger partial charge in [0, 0.05) is 18.5 Å². The fraction of sp³-hybridized carbons (Fsp3) is 0.438.